The molecule has 13 nitrogen and oxygen atoms in total. The SMILES string of the molecule is NS(=O)(=O)c1ccc2c(c1)c([N+](=O)[O-])cc1[nH]c(=O)c(=O)n(CP(=O)(O)O)c12. The van der Waals surface area contributed by atoms with Crippen molar-refractivity contribution in [2.45, 2.75) is 11.2 Å². The summed E-state index contributed by atoms with van der Waals surface area (Å²) < 4.78 is 35.1. The van der Waals surface area contributed by atoms with Crippen LogP contribution in [-0.4, -0.2) is 32.7 Å². The maximum atomic E-state index is 12.2. The Morgan fingerprint density at radius 3 is 2.39 bits per heavy atom. The molecule has 3 rings (SSSR count). The number of aromatic amines is 1. The van der Waals surface area contributed by atoms with Crippen LogP contribution in [0.1, 0.15) is 0 Å². The standard InChI is InChI=1S/C13H11N4O9PS/c14-28(25,26)6-1-2-7-8(3-6)10(17(20)21)4-9-11(7)16(5-27(22,23)24)13(19)12(18)15-9/h1-4H,5H2,(H,15,18)(H2,14,25,26)(H2,22,23,24). The summed E-state index contributed by atoms with van der Waals surface area (Å²) in [7, 11) is -9.04. The zero-order chi connectivity index (χ0) is 21.0. The second-order valence-corrected chi connectivity index (χ2v) is 8.97. The lowest BCUT2D eigenvalue weighted by Gasteiger charge is -2.13. The van der Waals surface area contributed by atoms with Gasteiger partial charge in [0, 0.05) is 11.5 Å². The van der Waals surface area contributed by atoms with E-state index in [-0.39, 0.29) is 21.8 Å². The predicted octanol–water partition coefficient (Wildman–Crippen LogP) is -0.466. The van der Waals surface area contributed by atoms with Gasteiger partial charge >= 0.3 is 18.7 Å². The van der Waals surface area contributed by atoms with Gasteiger partial charge in [-0.15, -0.1) is 0 Å². The third-order valence-electron chi connectivity index (χ3n) is 3.87. The zero-order valence-corrected chi connectivity index (χ0v) is 15.3. The van der Waals surface area contributed by atoms with Gasteiger partial charge in [0.15, 0.2) is 0 Å². The lowest BCUT2D eigenvalue weighted by Crippen LogP contribution is -2.36. The van der Waals surface area contributed by atoms with Crippen LogP contribution in [0.15, 0.2) is 38.8 Å². The van der Waals surface area contributed by atoms with Gasteiger partial charge in [0.05, 0.1) is 26.2 Å². The van der Waals surface area contributed by atoms with Gasteiger partial charge in [0.25, 0.3) is 5.69 Å². The van der Waals surface area contributed by atoms with Gasteiger partial charge in [-0.1, -0.05) is 6.07 Å². The number of sulfonamides is 1. The van der Waals surface area contributed by atoms with Gasteiger partial charge < -0.3 is 14.8 Å². The molecule has 1 aromatic heterocycles. The van der Waals surface area contributed by atoms with Crippen LogP contribution in [0.4, 0.5) is 5.69 Å². The Morgan fingerprint density at radius 2 is 1.86 bits per heavy atom. The van der Waals surface area contributed by atoms with E-state index in [0.717, 1.165) is 24.3 Å². The van der Waals surface area contributed by atoms with E-state index < -0.39 is 50.5 Å². The molecule has 0 saturated carbocycles. The summed E-state index contributed by atoms with van der Waals surface area (Å²) in [5.41, 5.74) is -3.59. The summed E-state index contributed by atoms with van der Waals surface area (Å²) in [5, 5.41) is 16.1. The molecule has 0 spiro atoms. The first-order valence-corrected chi connectivity index (χ1v) is 10.6. The molecule has 3 aromatic rings. The maximum Gasteiger partial charge on any atom is 0.345 e. The molecular formula is C13H11N4O9PS. The van der Waals surface area contributed by atoms with Gasteiger partial charge in [-0.2, -0.15) is 0 Å². The Hall–Kier alpha value is -2.90. The number of benzene rings is 2. The lowest BCUT2D eigenvalue weighted by molar-refractivity contribution is -0.383. The van der Waals surface area contributed by atoms with Crippen LogP contribution in [0, 0.1) is 10.1 Å². The monoisotopic (exact) mass is 430 g/mol. The van der Waals surface area contributed by atoms with Crippen molar-refractivity contribution in [3.8, 4) is 0 Å². The van der Waals surface area contributed by atoms with E-state index >= 15 is 0 Å². The molecule has 0 aliphatic carbocycles. The minimum atomic E-state index is -4.82. The van der Waals surface area contributed by atoms with Crippen LogP contribution >= 0.6 is 7.60 Å². The number of rotatable bonds is 4. The fourth-order valence-corrected chi connectivity index (χ4v) is 3.98. The molecule has 0 amide bonds. The highest BCUT2D eigenvalue weighted by atomic mass is 32.2. The molecule has 0 atom stereocenters. The van der Waals surface area contributed by atoms with Gasteiger partial charge in [-0.05, 0) is 12.1 Å². The average molecular weight is 430 g/mol. The number of primary sulfonamides is 1. The molecule has 0 aliphatic rings. The minimum Gasteiger partial charge on any atom is -0.323 e. The summed E-state index contributed by atoms with van der Waals surface area (Å²) in [6, 6.07) is 3.87. The fraction of sp³-hybridized carbons (Fsp3) is 0.0769. The highest BCUT2D eigenvalue weighted by Gasteiger charge is 2.24. The number of nitro groups is 1. The Kier molecular flexibility index (Phi) is 4.48. The molecular weight excluding hydrogens is 419 g/mol. The highest BCUT2D eigenvalue weighted by Crippen LogP contribution is 2.39. The van der Waals surface area contributed by atoms with Gasteiger partial charge in [-0.3, -0.25) is 28.8 Å². The van der Waals surface area contributed by atoms with E-state index in [1.54, 1.807) is 0 Å². The summed E-state index contributed by atoms with van der Waals surface area (Å²) in [4.78, 5) is 54.8. The smallest absolute Gasteiger partial charge is 0.323 e. The number of nitrogens with one attached hydrogen (secondary N) is 1. The number of nitrogens with two attached hydrogens (primary N) is 1. The zero-order valence-electron chi connectivity index (χ0n) is 13.6. The lowest BCUT2D eigenvalue weighted by atomic mass is 10.1. The van der Waals surface area contributed by atoms with E-state index in [4.69, 9.17) is 5.14 Å². The largest absolute Gasteiger partial charge is 0.345 e. The van der Waals surface area contributed by atoms with Crippen molar-refractivity contribution < 1.29 is 27.7 Å². The Morgan fingerprint density at radius 1 is 1.21 bits per heavy atom. The number of non-ortho nitro benzene ring substituents is 1. The van der Waals surface area contributed by atoms with E-state index in [1.165, 1.54) is 0 Å². The summed E-state index contributed by atoms with van der Waals surface area (Å²) in [5.74, 6) is 0. The molecule has 0 unspecified atom stereocenters. The molecule has 148 valence electrons. The first kappa shape index (κ1) is 19.9. The molecule has 0 bridgehead atoms. The molecule has 0 saturated heterocycles. The Balaban J connectivity index is 2.62. The molecule has 1 heterocycles. The first-order chi connectivity index (χ1) is 12.8. The van der Waals surface area contributed by atoms with Crippen LogP contribution in [0.3, 0.4) is 0 Å². The number of aromatic nitrogens is 2. The van der Waals surface area contributed by atoms with E-state index in [1.807, 2.05) is 0 Å². The van der Waals surface area contributed by atoms with Crippen molar-refractivity contribution >= 4 is 45.1 Å². The Labute approximate surface area is 154 Å². The summed E-state index contributed by atoms with van der Waals surface area (Å²) in [6.07, 6.45) is -1.16. The molecule has 0 radical (unpaired) electrons. The number of H-pyrrole nitrogens is 1. The average Bonchev–Trinajstić information content (AvgIpc) is 2.55. The van der Waals surface area contributed by atoms with Crippen LogP contribution in [-0.2, 0) is 20.9 Å². The molecule has 0 fully saturated rings. The highest BCUT2D eigenvalue weighted by molar-refractivity contribution is 7.89. The minimum absolute atomic E-state index is 0.0848. The Bertz CT molecular complexity index is 1430. The second kappa shape index (κ2) is 6.32. The molecule has 5 N–H and O–H groups in total. The van der Waals surface area contributed by atoms with Crippen molar-refractivity contribution in [2.75, 3.05) is 0 Å². The summed E-state index contributed by atoms with van der Waals surface area (Å²) >= 11 is 0. The van der Waals surface area contributed by atoms with Crippen molar-refractivity contribution in [1.82, 2.24) is 9.55 Å². The number of hydrogen-bond acceptors (Lipinski definition) is 7. The third-order valence-corrected chi connectivity index (χ3v) is 5.43. The van der Waals surface area contributed by atoms with E-state index in [2.05, 4.69) is 4.98 Å². The van der Waals surface area contributed by atoms with Crippen LogP contribution < -0.4 is 16.3 Å². The quantitative estimate of drug-likeness (QED) is 0.138. The molecule has 0 aliphatic heterocycles. The van der Waals surface area contributed by atoms with Gasteiger partial charge in [0.1, 0.15) is 6.29 Å². The van der Waals surface area contributed by atoms with Crippen molar-refractivity contribution in [1.29, 1.82) is 0 Å². The normalized spacial score (nSPS) is 12.5. The fourth-order valence-electron chi connectivity index (χ4n) is 2.80. The topological polar surface area (TPSA) is 216 Å². The number of fused-ring (bicyclic) bond motifs is 3. The summed E-state index contributed by atoms with van der Waals surface area (Å²) in [6.45, 7) is 0. The number of nitro benzene ring substituents is 1. The second-order valence-electron chi connectivity index (χ2n) is 5.79. The maximum absolute atomic E-state index is 12.2. The number of hydrogen-bond donors (Lipinski definition) is 4. The molecule has 2 aromatic carbocycles. The van der Waals surface area contributed by atoms with E-state index in [0.29, 0.717) is 4.57 Å². The van der Waals surface area contributed by atoms with Crippen LogP contribution in [0.5, 0.6) is 0 Å². The van der Waals surface area contributed by atoms with Gasteiger partial charge in [0.2, 0.25) is 10.0 Å². The third kappa shape index (κ3) is 3.46. The van der Waals surface area contributed by atoms with Crippen LogP contribution in [0.25, 0.3) is 21.8 Å². The number of nitrogens with zero attached hydrogens (tertiary/aromatic N) is 2. The van der Waals surface area contributed by atoms with Crippen molar-refractivity contribution in [2.24, 2.45) is 5.14 Å². The molecule has 28 heavy (non-hydrogen) atoms. The molecule has 15 heteroatoms. The van der Waals surface area contributed by atoms with Crippen molar-refractivity contribution in [3.05, 3.63) is 55.1 Å². The van der Waals surface area contributed by atoms with Gasteiger partial charge in [-0.25, -0.2) is 13.6 Å². The van der Waals surface area contributed by atoms with E-state index in [9.17, 15) is 42.5 Å². The van der Waals surface area contributed by atoms with Crippen LogP contribution in [0.2, 0.25) is 0 Å². The predicted molar refractivity (Wildman–Crippen MR) is 96.4 cm³/mol. The van der Waals surface area contributed by atoms with Crippen molar-refractivity contribution in [3.63, 3.8) is 0 Å². The first-order valence-electron chi connectivity index (χ1n) is 7.25.